The maximum atomic E-state index is 2.72. The van der Waals surface area contributed by atoms with E-state index in [9.17, 15) is 0 Å². The van der Waals surface area contributed by atoms with Crippen LogP contribution in [0.1, 0.15) is 79.0 Å². The van der Waals surface area contributed by atoms with Gasteiger partial charge in [-0.05, 0) is 203 Å². The van der Waals surface area contributed by atoms with Gasteiger partial charge in [-0.3, -0.25) is 0 Å². The first-order chi connectivity index (χ1) is 55.4. The third-order valence-corrected chi connectivity index (χ3v) is 25.5. The van der Waals surface area contributed by atoms with E-state index in [1.807, 2.05) is 11.3 Å². The average molecular weight is 1480 g/mol. The summed E-state index contributed by atoms with van der Waals surface area (Å²) in [6.45, 7) is 20.9. The third kappa shape index (κ3) is 11.2. The summed E-state index contributed by atoms with van der Waals surface area (Å²) in [4.78, 5) is 5.38. The molecule has 5 heterocycles. The number of thiophene rings is 1. The highest BCUT2D eigenvalue weighted by Gasteiger charge is 2.46. The van der Waals surface area contributed by atoms with Crippen molar-refractivity contribution in [1.29, 1.82) is 0 Å². The zero-order chi connectivity index (χ0) is 77.0. The lowest BCUT2D eigenvalue weighted by Crippen LogP contribution is -2.61. The summed E-state index contributed by atoms with van der Waals surface area (Å²) in [5.41, 5.74) is 34.6. The van der Waals surface area contributed by atoms with Crippen molar-refractivity contribution in [2.24, 2.45) is 0 Å². The first-order valence-electron chi connectivity index (χ1n) is 40.1. The molecule has 0 N–H and O–H groups in total. The van der Waals surface area contributed by atoms with Crippen molar-refractivity contribution < 1.29 is 0 Å². The van der Waals surface area contributed by atoms with Crippen LogP contribution in [0.5, 0.6) is 0 Å². The first kappa shape index (κ1) is 69.0. The Morgan fingerprint density at radius 3 is 1.32 bits per heavy atom. The molecule has 0 spiro atoms. The first-order valence-corrected chi connectivity index (χ1v) is 41.0. The maximum absolute atomic E-state index is 2.72. The Labute approximate surface area is 671 Å². The smallest absolute Gasteiger partial charge is 0.252 e. The van der Waals surface area contributed by atoms with E-state index in [0.717, 1.165) is 107 Å². The molecule has 3 aromatic heterocycles. The second-order valence-corrected chi connectivity index (χ2v) is 35.5. The van der Waals surface area contributed by atoms with Crippen LogP contribution in [-0.2, 0) is 16.2 Å². The number of hydrogen-bond donors (Lipinski definition) is 0. The minimum absolute atomic E-state index is 0.0689. The van der Waals surface area contributed by atoms with Gasteiger partial charge in [0, 0.05) is 92.5 Å². The van der Waals surface area contributed by atoms with Gasteiger partial charge in [-0.2, -0.15) is 0 Å². The minimum Gasteiger partial charge on any atom is -0.311 e. The van der Waals surface area contributed by atoms with E-state index in [1.165, 1.54) is 103 Å². The average Bonchev–Trinajstić information content (AvgIpc) is 0.901. The molecular formula is C108H85BN4S. The van der Waals surface area contributed by atoms with E-state index in [4.69, 9.17) is 0 Å². The lowest BCUT2D eigenvalue weighted by atomic mass is 9.33. The van der Waals surface area contributed by atoms with Crippen molar-refractivity contribution in [2.45, 2.75) is 78.6 Å². The van der Waals surface area contributed by atoms with Gasteiger partial charge in [-0.1, -0.05) is 311 Å². The van der Waals surface area contributed by atoms with Crippen LogP contribution in [0.4, 0.5) is 34.1 Å². The summed E-state index contributed by atoms with van der Waals surface area (Å²) >= 11 is 1.88. The zero-order valence-electron chi connectivity index (χ0n) is 65.8. The lowest BCUT2D eigenvalue weighted by molar-refractivity contribution is 0.590. The SMILES string of the molecule is CC(C)(C)c1cc2c3c(c1)N(c1c(-c4ccccc4)cccc1-c1ccccc1)c1cc(-n4c5ccc(C(C)(C)C)cc5c5cc(C(C)(C)C)ccc54)ccc1B3c1cc(-c3c(-c4ccc5c(c4)sc4ccccc45)cccc3-n3c4ccccc4c4ccccc43)ccc1N2c1cc(-c2ccccc2)cc(-c2ccccc2)c1. The van der Waals surface area contributed by atoms with Gasteiger partial charge in [0.05, 0.1) is 33.4 Å². The molecule has 0 saturated carbocycles. The molecule has 546 valence electrons. The van der Waals surface area contributed by atoms with E-state index >= 15 is 0 Å². The van der Waals surface area contributed by atoms with Gasteiger partial charge in [0.25, 0.3) is 6.71 Å². The minimum atomic E-state index is -0.320. The predicted octanol–water partition coefficient (Wildman–Crippen LogP) is 28.2. The molecule has 0 unspecified atom stereocenters. The molecule has 0 amide bonds. The summed E-state index contributed by atoms with van der Waals surface area (Å²) in [6, 6.07) is 134. The van der Waals surface area contributed by atoms with Crippen LogP contribution in [0.2, 0.25) is 0 Å². The normalized spacial score (nSPS) is 12.9. The van der Waals surface area contributed by atoms with Crippen LogP contribution in [0.25, 0.3) is 142 Å². The molecular weight excluding hydrogens is 1400 g/mol. The molecule has 0 aliphatic carbocycles. The van der Waals surface area contributed by atoms with E-state index in [0.29, 0.717) is 0 Å². The molecule has 19 aromatic rings. The fourth-order valence-corrected chi connectivity index (χ4v) is 19.8. The van der Waals surface area contributed by atoms with Crippen LogP contribution in [0, 0.1) is 0 Å². The van der Waals surface area contributed by atoms with Crippen molar-refractivity contribution in [1.82, 2.24) is 9.13 Å². The summed E-state index contributed by atoms with van der Waals surface area (Å²) < 4.78 is 7.67. The zero-order valence-corrected chi connectivity index (χ0v) is 66.6. The largest absolute Gasteiger partial charge is 0.311 e. The van der Waals surface area contributed by atoms with Crippen molar-refractivity contribution in [3.05, 3.63) is 369 Å². The number of aromatic nitrogens is 2. The third-order valence-electron chi connectivity index (χ3n) is 24.3. The van der Waals surface area contributed by atoms with E-state index in [1.54, 1.807) is 0 Å². The monoisotopic (exact) mass is 1480 g/mol. The Bertz CT molecular complexity index is 6860. The lowest BCUT2D eigenvalue weighted by Gasteiger charge is -2.46. The van der Waals surface area contributed by atoms with Crippen LogP contribution >= 0.6 is 11.3 Å². The molecule has 4 nitrogen and oxygen atoms in total. The topological polar surface area (TPSA) is 16.3 Å². The number of nitrogens with zero attached hydrogens (tertiary/aromatic N) is 4. The molecule has 0 bridgehead atoms. The standard InChI is InChI=1S/C108H85BN4S/c1-106(2,3)76-50-56-94-88(63-76)89-64-77(107(4,5)6)51-57-95(89)110(94)79-52-54-90-98(67-79)113(105-82(70-34-18-12-19-35-70)42-28-43-83(105)71-36-20-13-21-37-71)100-66-78(108(7,8)9)65-99-104(100)109(90)91-61-73(49-55-96(91)111(99)80-59-74(68-30-14-10-15-31-68)58-75(60-80)69-32-16-11-17-33-69)103-81(72-48-53-87-86-40-24-27-47-101(86)114-102(87)62-72)41-29-46-97(103)112-92-44-25-22-38-84(92)85-39-23-26-45-93(85)112/h10-67H,1-9H3. The molecule has 21 rings (SSSR count). The number of rotatable bonds is 10. The van der Waals surface area contributed by atoms with E-state index < -0.39 is 0 Å². The van der Waals surface area contributed by atoms with Crippen molar-refractivity contribution in [3.8, 4) is 78.1 Å². The highest BCUT2D eigenvalue weighted by atomic mass is 32.1. The van der Waals surface area contributed by atoms with Crippen molar-refractivity contribution >= 4 is 132 Å². The van der Waals surface area contributed by atoms with Gasteiger partial charge in [0.2, 0.25) is 0 Å². The Morgan fingerprint density at radius 2 is 0.737 bits per heavy atom. The van der Waals surface area contributed by atoms with Crippen LogP contribution in [0.15, 0.2) is 352 Å². The number of hydrogen-bond acceptors (Lipinski definition) is 3. The molecule has 0 radical (unpaired) electrons. The second kappa shape index (κ2) is 26.3. The van der Waals surface area contributed by atoms with Gasteiger partial charge in [0.15, 0.2) is 0 Å². The Balaban J connectivity index is 0.915. The van der Waals surface area contributed by atoms with Crippen molar-refractivity contribution in [3.63, 3.8) is 0 Å². The summed E-state index contributed by atoms with van der Waals surface area (Å²) in [5.74, 6) is 0. The number of fused-ring (bicyclic) bond motifs is 13. The van der Waals surface area contributed by atoms with Gasteiger partial charge in [-0.15, -0.1) is 11.3 Å². The summed E-state index contributed by atoms with van der Waals surface area (Å²) in [7, 11) is 0. The number of benzene rings is 16. The van der Waals surface area contributed by atoms with Crippen LogP contribution < -0.4 is 26.2 Å². The maximum Gasteiger partial charge on any atom is 0.252 e. The molecule has 0 saturated heterocycles. The molecule has 2 aliphatic heterocycles. The quantitative estimate of drug-likeness (QED) is 0.127. The van der Waals surface area contributed by atoms with Crippen molar-refractivity contribution in [2.75, 3.05) is 9.80 Å². The molecule has 0 fully saturated rings. The Morgan fingerprint density at radius 1 is 0.246 bits per heavy atom. The van der Waals surface area contributed by atoms with Crippen LogP contribution in [-0.4, -0.2) is 15.8 Å². The summed E-state index contributed by atoms with van der Waals surface area (Å²) in [5, 5.41) is 7.53. The number of anilines is 6. The highest BCUT2D eigenvalue weighted by molar-refractivity contribution is 7.25. The molecule has 6 heteroatoms. The highest BCUT2D eigenvalue weighted by Crippen LogP contribution is 2.54. The van der Waals surface area contributed by atoms with Crippen LogP contribution in [0.3, 0.4) is 0 Å². The number of para-hydroxylation sites is 3. The van der Waals surface area contributed by atoms with Gasteiger partial charge >= 0.3 is 0 Å². The Kier molecular flexibility index (Phi) is 15.9. The fraction of sp³-hybridized carbons (Fsp3) is 0.111. The summed E-state index contributed by atoms with van der Waals surface area (Å²) in [6.07, 6.45) is 0. The fourth-order valence-electron chi connectivity index (χ4n) is 18.6. The van der Waals surface area contributed by atoms with Gasteiger partial charge in [-0.25, -0.2) is 0 Å². The molecule has 16 aromatic carbocycles. The van der Waals surface area contributed by atoms with E-state index in [-0.39, 0.29) is 23.0 Å². The molecule has 114 heavy (non-hydrogen) atoms. The van der Waals surface area contributed by atoms with Gasteiger partial charge in [0.1, 0.15) is 0 Å². The second-order valence-electron chi connectivity index (χ2n) is 34.4. The Hall–Kier alpha value is -13.0. The predicted molar refractivity (Wildman–Crippen MR) is 491 cm³/mol. The molecule has 0 atom stereocenters. The van der Waals surface area contributed by atoms with Gasteiger partial charge < -0.3 is 18.9 Å². The van der Waals surface area contributed by atoms with E-state index in [2.05, 4.69) is 433 Å². The molecule has 2 aliphatic rings.